The largest absolute Gasteiger partial charge is 0.467 e. The van der Waals surface area contributed by atoms with Crippen molar-refractivity contribution in [2.75, 3.05) is 7.11 Å². The second-order valence-electron chi connectivity index (χ2n) is 5.83. The van der Waals surface area contributed by atoms with Crippen LogP contribution in [0.1, 0.15) is 55.5 Å². The van der Waals surface area contributed by atoms with Gasteiger partial charge in [0.05, 0.1) is 12.8 Å². The van der Waals surface area contributed by atoms with Crippen molar-refractivity contribution < 1.29 is 17.9 Å². The Bertz CT molecular complexity index is 704. The molecule has 0 fully saturated rings. The fraction of sp³-hybridized carbons (Fsp3) is 0.500. The minimum Gasteiger partial charge on any atom is -0.467 e. The summed E-state index contributed by atoms with van der Waals surface area (Å²) in [5.74, 6) is -1.36. The monoisotopic (exact) mass is 340 g/mol. The van der Waals surface area contributed by atoms with Gasteiger partial charge in [0.15, 0.2) is 0 Å². The maximum Gasteiger partial charge on any atom is 0.451 e. The van der Waals surface area contributed by atoms with Crippen molar-refractivity contribution >= 4 is 0 Å². The van der Waals surface area contributed by atoms with Gasteiger partial charge in [-0.15, -0.1) is 0 Å². The van der Waals surface area contributed by atoms with E-state index >= 15 is 0 Å². The van der Waals surface area contributed by atoms with Crippen LogP contribution in [0.25, 0.3) is 0 Å². The molecule has 0 amide bonds. The summed E-state index contributed by atoms with van der Waals surface area (Å²) in [7, 11) is 1.46. The quantitative estimate of drug-likeness (QED) is 0.829. The van der Waals surface area contributed by atoms with Crippen molar-refractivity contribution in [2.45, 2.75) is 45.2 Å². The fourth-order valence-electron chi connectivity index (χ4n) is 2.19. The Kier molecular flexibility index (Phi) is 5.36. The molecule has 2 aromatic rings. The standard InChI is InChI=1S/C16H19F3N4O/c1-9(2)13-8-11(21-14(22-13)16(17,18)19)7-10(3)12-5-6-20-15(23-12)24-4/h5-6,8-10H,7H2,1-4H3. The van der Waals surface area contributed by atoms with Crippen molar-refractivity contribution in [3.05, 3.63) is 41.2 Å². The van der Waals surface area contributed by atoms with Crippen molar-refractivity contribution in [1.29, 1.82) is 0 Å². The molecule has 1 unspecified atom stereocenters. The first kappa shape index (κ1) is 18.1. The van der Waals surface area contributed by atoms with Gasteiger partial charge < -0.3 is 4.74 Å². The van der Waals surface area contributed by atoms with Crippen LogP contribution in [0.5, 0.6) is 6.01 Å². The molecule has 0 saturated heterocycles. The van der Waals surface area contributed by atoms with Gasteiger partial charge in [0, 0.05) is 23.5 Å². The van der Waals surface area contributed by atoms with E-state index in [0.29, 0.717) is 23.5 Å². The third kappa shape index (κ3) is 4.39. The molecule has 0 aliphatic carbocycles. The van der Waals surface area contributed by atoms with Crippen LogP contribution in [0.2, 0.25) is 0 Å². The third-order valence-corrected chi connectivity index (χ3v) is 3.50. The third-order valence-electron chi connectivity index (χ3n) is 3.50. The normalized spacial score (nSPS) is 13.2. The highest BCUT2D eigenvalue weighted by Crippen LogP contribution is 2.29. The molecular formula is C16H19F3N4O. The minimum atomic E-state index is -4.57. The highest BCUT2D eigenvalue weighted by Gasteiger charge is 2.35. The van der Waals surface area contributed by atoms with E-state index in [2.05, 4.69) is 19.9 Å². The molecule has 1 atom stereocenters. The molecule has 0 N–H and O–H groups in total. The van der Waals surface area contributed by atoms with Crippen LogP contribution in [0.3, 0.4) is 0 Å². The van der Waals surface area contributed by atoms with Gasteiger partial charge in [0.1, 0.15) is 0 Å². The molecular weight excluding hydrogens is 321 g/mol. The van der Waals surface area contributed by atoms with Gasteiger partial charge in [-0.1, -0.05) is 20.8 Å². The zero-order valence-corrected chi connectivity index (χ0v) is 13.9. The summed E-state index contributed by atoms with van der Waals surface area (Å²) >= 11 is 0. The van der Waals surface area contributed by atoms with E-state index in [1.165, 1.54) is 7.11 Å². The molecule has 0 aromatic carbocycles. The van der Waals surface area contributed by atoms with E-state index in [4.69, 9.17) is 4.74 Å². The molecule has 0 aliphatic rings. The summed E-state index contributed by atoms with van der Waals surface area (Å²) in [5, 5.41) is 0. The smallest absolute Gasteiger partial charge is 0.451 e. The van der Waals surface area contributed by atoms with Crippen LogP contribution >= 0.6 is 0 Å². The van der Waals surface area contributed by atoms with Crippen molar-refractivity contribution in [3.63, 3.8) is 0 Å². The number of hydrogen-bond donors (Lipinski definition) is 0. The first-order chi connectivity index (χ1) is 11.2. The number of halogens is 3. The van der Waals surface area contributed by atoms with E-state index < -0.39 is 12.0 Å². The molecule has 2 rings (SSSR count). The Morgan fingerprint density at radius 3 is 2.38 bits per heavy atom. The van der Waals surface area contributed by atoms with E-state index in [1.807, 2.05) is 6.92 Å². The lowest BCUT2D eigenvalue weighted by Gasteiger charge is -2.15. The van der Waals surface area contributed by atoms with Gasteiger partial charge in [0.25, 0.3) is 0 Å². The average molecular weight is 340 g/mol. The van der Waals surface area contributed by atoms with E-state index in [-0.39, 0.29) is 17.8 Å². The van der Waals surface area contributed by atoms with Gasteiger partial charge in [-0.2, -0.15) is 18.2 Å². The molecule has 5 nitrogen and oxygen atoms in total. The van der Waals surface area contributed by atoms with E-state index in [1.54, 1.807) is 32.2 Å². The van der Waals surface area contributed by atoms with Crippen LogP contribution in [-0.2, 0) is 12.6 Å². The first-order valence-corrected chi connectivity index (χ1v) is 7.52. The van der Waals surface area contributed by atoms with Crippen LogP contribution in [0, 0.1) is 0 Å². The Hall–Kier alpha value is -2.25. The zero-order chi connectivity index (χ0) is 17.9. The van der Waals surface area contributed by atoms with E-state index in [0.717, 1.165) is 0 Å². The SMILES string of the molecule is COc1nccc(C(C)Cc2cc(C(C)C)nc(C(F)(F)F)n2)n1. The fourth-order valence-corrected chi connectivity index (χ4v) is 2.19. The van der Waals surface area contributed by atoms with Crippen LogP contribution < -0.4 is 4.74 Å². The number of nitrogens with zero attached hydrogens (tertiary/aromatic N) is 4. The molecule has 0 bridgehead atoms. The molecule has 130 valence electrons. The number of hydrogen-bond acceptors (Lipinski definition) is 5. The predicted molar refractivity (Wildman–Crippen MR) is 81.8 cm³/mol. The van der Waals surface area contributed by atoms with Crippen LogP contribution in [-0.4, -0.2) is 27.0 Å². The van der Waals surface area contributed by atoms with Gasteiger partial charge in [-0.25, -0.2) is 15.0 Å². The summed E-state index contributed by atoms with van der Waals surface area (Å²) < 4.78 is 44.0. The van der Waals surface area contributed by atoms with Gasteiger partial charge in [-0.05, 0) is 24.5 Å². The first-order valence-electron chi connectivity index (χ1n) is 7.52. The molecule has 2 heterocycles. The number of aromatic nitrogens is 4. The maximum atomic E-state index is 13.0. The predicted octanol–water partition coefficient (Wildman–Crippen LogP) is 3.76. The summed E-state index contributed by atoms with van der Waals surface area (Å²) in [4.78, 5) is 15.5. The molecule has 8 heteroatoms. The van der Waals surface area contributed by atoms with Crippen molar-refractivity contribution in [2.24, 2.45) is 0 Å². The van der Waals surface area contributed by atoms with Crippen LogP contribution in [0.15, 0.2) is 18.3 Å². The maximum absolute atomic E-state index is 13.0. The average Bonchev–Trinajstić information content (AvgIpc) is 2.53. The van der Waals surface area contributed by atoms with Gasteiger partial charge >= 0.3 is 12.2 Å². The molecule has 0 spiro atoms. The number of rotatable bonds is 5. The zero-order valence-electron chi connectivity index (χ0n) is 13.9. The summed E-state index contributed by atoms with van der Waals surface area (Å²) in [5.41, 5.74) is 1.39. The summed E-state index contributed by atoms with van der Waals surface area (Å²) in [6.45, 7) is 5.46. The number of alkyl halides is 3. The van der Waals surface area contributed by atoms with Gasteiger partial charge in [0.2, 0.25) is 5.82 Å². The molecule has 0 radical (unpaired) electrons. The molecule has 0 aliphatic heterocycles. The minimum absolute atomic E-state index is 0.123. The Morgan fingerprint density at radius 1 is 1.08 bits per heavy atom. The number of methoxy groups -OCH3 is 1. The Labute approximate surface area is 138 Å². The Morgan fingerprint density at radius 2 is 1.79 bits per heavy atom. The summed E-state index contributed by atoms with van der Waals surface area (Å²) in [6, 6.07) is 3.55. The highest BCUT2D eigenvalue weighted by atomic mass is 19.4. The summed E-state index contributed by atoms with van der Waals surface area (Å²) in [6.07, 6.45) is -2.70. The highest BCUT2D eigenvalue weighted by molar-refractivity contribution is 5.19. The second kappa shape index (κ2) is 7.11. The van der Waals surface area contributed by atoms with Crippen molar-refractivity contribution in [3.8, 4) is 6.01 Å². The lowest BCUT2D eigenvalue weighted by atomic mass is 9.99. The van der Waals surface area contributed by atoms with Crippen molar-refractivity contribution in [1.82, 2.24) is 19.9 Å². The Balaban J connectivity index is 2.32. The van der Waals surface area contributed by atoms with Crippen LogP contribution in [0.4, 0.5) is 13.2 Å². The number of ether oxygens (including phenoxy) is 1. The van der Waals surface area contributed by atoms with Gasteiger partial charge in [-0.3, -0.25) is 0 Å². The topological polar surface area (TPSA) is 60.8 Å². The van der Waals surface area contributed by atoms with E-state index in [9.17, 15) is 13.2 Å². The second-order valence-corrected chi connectivity index (χ2v) is 5.83. The molecule has 24 heavy (non-hydrogen) atoms. The molecule has 2 aromatic heterocycles. The lowest BCUT2D eigenvalue weighted by Crippen LogP contribution is -2.16. The lowest BCUT2D eigenvalue weighted by molar-refractivity contribution is -0.145. The molecule has 0 saturated carbocycles.